The van der Waals surface area contributed by atoms with Gasteiger partial charge in [0, 0.05) is 0 Å². The second-order valence-corrected chi connectivity index (χ2v) is 5.73. The number of carbonyl (C=O) groups is 1. The molecule has 0 saturated heterocycles. The maximum atomic E-state index is 11.5. The number of benzene rings is 2. The smallest absolute Gasteiger partial charge is 0.339 e. The van der Waals surface area contributed by atoms with E-state index in [1.807, 2.05) is 30.3 Å². The van der Waals surface area contributed by atoms with Crippen molar-refractivity contribution in [1.82, 2.24) is 0 Å². The summed E-state index contributed by atoms with van der Waals surface area (Å²) < 4.78 is 6.06. The van der Waals surface area contributed by atoms with Crippen LogP contribution in [-0.4, -0.2) is 17.2 Å². The minimum Gasteiger partial charge on any atom is -0.490 e. The van der Waals surface area contributed by atoms with E-state index >= 15 is 0 Å². The second kappa shape index (κ2) is 6.17. The molecule has 1 aliphatic carbocycles. The number of aromatic carboxylic acids is 1. The largest absolute Gasteiger partial charge is 0.490 e. The van der Waals surface area contributed by atoms with Gasteiger partial charge in [0.2, 0.25) is 0 Å². The summed E-state index contributed by atoms with van der Waals surface area (Å²) in [4.78, 5) is 11.5. The van der Waals surface area contributed by atoms with Crippen molar-refractivity contribution in [2.24, 2.45) is 0 Å². The van der Waals surface area contributed by atoms with Gasteiger partial charge < -0.3 is 9.84 Å². The molecule has 1 saturated carbocycles. The van der Waals surface area contributed by atoms with Crippen LogP contribution in [0.5, 0.6) is 5.75 Å². The topological polar surface area (TPSA) is 46.5 Å². The average molecular weight is 284 g/mol. The molecule has 1 N–H and O–H groups in total. The summed E-state index contributed by atoms with van der Waals surface area (Å²) in [6.07, 6.45) is 7.03. The normalized spacial score (nSPS) is 16.6. The zero-order valence-electron chi connectivity index (χ0n) is 12.0. The van der Waals surface area contributed by atoms with E-state index in [2.05, 4.69) is 0 Å². The number of carboxylic acids is 1. The van der Waals surface area contributed by atoms with Crippen molar-refractivity contribution >= 4 is 16.7 Å². The molecule has 0 spiro atoms. The fourth-order valence-electron chi connectivity index (χ4n) is 3.02. The molecule has 3 heteroatoms. The van der Waals surface area contributed by atoms with Crippen LogP contribution in [0.25, 0.3) is 10.8 Å². The maximum absolute atomic E-state index is 11.5. The van der Waals surface area contributed by atoms with Crippen LogP contribution in [0.3, 0.4) is 0 Å². The molecule has 2 aromatic carbocycles. The van der Waals surface area contributed by atoms with Crippen molar-refractivity contribution < 1.29 is 14.6 Å². The highest BCUT2D eigenvalue weighted by Gasteiger charge is 2.18. The molecule has 3 rings (SSSR count). The highest BCUT2D eigenvalue weighted by Crippen LogP contribution is 2.29. The zero-order valence-corrected chi connectivity index (χ0v) is 12.0. The molecule has 0 radical (unpaired) electrons. The second-order valence-electron chi connectivity index (χ2n) is 5.73. The molecule has 0 amide bonds. The van der Waals surface area contributed by atoms with E-state index in [9.17, 15) is 9.90 Å². The van der Waals surface area contributed by atoms with Gasteiger partial charge in [0.1, 0.15) is 11.3 Å². The summed E-state index contributed by atoms with van der Waals surface area (Å²) in [5.74, 6) is -0.419. The Balaban J connectivity index is 1.95. The lowest BCUT2D eigenvalue weighted by Crippen LogP contribution is -2.17. The predicted molar refractivity (Wildman–Crippen MR) is 83.0 cm³/mol. The molecule has 110 valence electrons. The molecular formula is C18H20O3. The molecule has 3 nitrogen and oxygen atoms in total. The van der Waals surface area contributed by atoms with E-state index in [4.69, 9.17) is 4.74 Å². The molecular weight excluding hydrogens is 264 g/mol. The zero-order chi connectivity index (χ0) is 14.7. The van der Waals surface area contributed by atoms with E-state index in [-0.39, 0.29) is 11.7 Å². The first-order valence-corrected chi connectivity index (χ1v) is 7.67. The lowest BCUT2D eigenvalue weighted by Gasteiger charge is -2.19. The van der Waals surface area contributed by atoms with Gasteiger partial charge in [-0.2, -0.15) is 0 Å². The van der Waals surface area contributed by atoms with Gasteiger partial charge in [-0.25, -0.2) is 4.79 Å². The first-order chi connectivity index (χ1) is 10.2. The van der Waals surface area contributed by atoms with Gasteiger partial charge in [-0.05, 0) is 48.6 Å². The van der Waals surface area contributed by atoms with Crippen LogP contribution in [0.2, 0.25) is 0 Å². The monoisotopic (exact) mass is 284 g/mol. The number of rotatable bonds is 3. The minimum absolute atomic E-state index is 0.145. The lowest BCUT2D eigenvalue weighted by molar-refractivity contribution is 0.0688. The van der Waals surface area contributed by atoms with Crippen LogP contribution in [0.15, 0.2) is 36.4 Å². The molecule has 2 aromatic rings. The van der Waals surface area contributed by atoms with E-state index in [0.717, 1.165) is 23.6 Å². The molecule has 0 atom stereocenters. The van der Waals surface area contributed by atoms with Crippen molar-refractivity contribution in [2.45, 2.75) is 44.6 Å². The minimum atomic E-state index is -0.927. The van der Waals surface area contributed by atoms with Gasteiger partial charge in [-0.3, -0.25) is 0 Å². The Morgan fingerprint density at radius 1 is 1.00 bits per heavy atom. The number of hydrogen-bond donors (Lipinski definition) is 1. The predicted octanol–water partition coefficient (Wildman–Crippen LogP) is 4.64. The first kappa shape index (κ1) is 13.9. The Morgan fingerprint density at radius 3 is 2.24 bits per heavy atom. The Labute approximate surface area is 124 Å². The molecule has 21 heavy (non-hydrogen) atoms. The summed E-state index contributed by atoms with van der Waals surface area (Å²) in [5.41, 5.74) is 0.262. The average Bonchev–Trinajstić information content (AvgIpc) is 2.75. The van der Waals surface area contributed by atoms with E-state index in [1.54, 1.807) is 6.07 Å². The van der Waals surface area contributed by atoms with Crippen LogP contribution in [-0.2, 0) is 0 Å². The number of fused-ring (bicyclic) bond motifs is 1. The van der Waals surface area contributed by atoms with E-state index in [1.165, 1.54) is 25.7 Å². The lowest BCUT2D eigenvalue weighted by atomic mass is 10.1. The van der Waals surface area contributed by atoms with Crippen LogP contribution in [0.4, 0.5) is 0 Å². The molecule has 0 unspecified atom stereocenters. The third-order valence-corrected chi connectivity index (χ3v) is 4.17. The Hall–Kier alpha value is -2.03. The van der Waals surface area contributed by atoms with Gasteiger partial charge in [0.15, 0.2) is 0 Å². The summed E-state index contributed by atoms with van der Waals surface area (Å²) in [7, 11) is 0. The molecule has 0 aromatic heterocycles. The Kier molecular flexibility index (Phi) is 4.09. The van der Waals surface area contributed by atoms with Crippen molar-refractivity contribution in [1.29, 1.82) is 0 Å². The van der Waals surface area contributed by atoms with Crippen molar-refractivity contribution in [3.63, 3.8) is 0 Å². The highest BCUT2D eigenvalue weighted by atomic mass is 16.5. The molecule has 1 fully saturated rings. The standard InChI is InChI=1S/C18H20O3/c19-18(20)16-11-13-7-5-6-8-14(13)12-17(16)21-15-9-3-1-2-4-10-15/h5-8,11-12,15H,1-4,9-10H2,(H,19,20). The SMILES string of the molecule is O=C(O)c1cc2ccccc2cc1OC1CCCCCC1. The summed E-state index contributed by atoms with van der Waals surface area (Å²) in [6, 6.07) is 11.4. The van der Waals surface area contributed by atoms with Crippen molar-refractivity contribution in [3.05, 3.63) is 42.0 Å². The van der Waals surface area contributed by atoms with E-state index in [0.29, 0.717) is 5.75 Å². The van der Waals surface area contributed by atoms with Gasteiger partial charge in [0.25, 0.3) is 0 Å². The Morgan fingerprint density at radius 2 is 1.62 bits per heavy atom. The van der Waals surface area contributed by atoms with E-state index < -0.39 is 5.97 Å². The maximum Gasteiger partial charge on any atom is 0.339 e. The van der Waals surface area contributed by atoms with Crippen LogP contribution in [0, 0.1) is 0 Å². The van der Waals surface area contributed by atoms with Crippen LogP contribution < -0.4 is 4.74 Å². The number of carboxylic acid groups (broad SMARTS) is 1. The first-order valence-electron chi connectivity index (χ1n) is 7.67. The fourth-order valence-corrected chi connectivity index (χ4v) is 3.02. The number of ether oxygens (including phenoxy) is 1. The van der Waals surface area contributed by atoms with Gasteiger partial charge in [-0.1, -0.05) is 37.1 Å². The molecule has 0 heterocycles. The molecule has 0 aliphatic heterocycles. The molecule has 0 bridgehead atoms. The van der Waals surface area contributed by atoms with Crippen molar-refractivity contribution in [3.8, 4) is 5.75 Å². The number of hydrogen-bond acceptors (Lipinski definition) is 2. The Bertz CT molecular complexity index is 640. The van der Waals surface area contributed by atoms with Crippen LogP contribution in [0.1, 0.15) is 48.9 Å². The fraction of sp³-hybridized carbons (Fsp3) is 0.389. The quantitative estimate of drug-likeness (QED) is 0.835. The third-order valence-electron chi connectivity index (χ3n) is 4.17. The highest BCUT2D eigenvalue weighted by molar-refractivity contribution is 5.97. The summed E-state index contributed by atoms with van der Waals surface area (Å²) >= 11 is 0. The summed E-state index contributed by atoms with van der Waals surface area (Å²) in [5, 5.41) is 11.4. The molecule has 1 aliphatic rings. The van der Waals surface area contributed by atoms with Crippen molar-refractivity contribution in [2.75, 3.05) is 0 Å². The van der Waals surface area contributed by atoms with Gasteiger partial charge in [-0.15, -0.1) is 0 Å². The van der Waals surface area contributed by atoms with Gasteiger partial charge in [0.05, 0.1) is 6.10 Å². The van der Waals surface area contributed by atoms with Gasteiger partial charge >= 0.3 is 5.97 Å². The summed E-state index contributed by atoms with van der Waals surface area (Å²) in [6.45, 7) is 0. The van der Waals surface area contributed by atoms with Crippen LogP contribution >= 0.6 is 0 Å². The third kappa shape index (κ3) is 3.18.